The summed E-state index contributed by atoms with van der Waals surface area (Å²) in [7, 11) is 0. The SMILES string of the molecule is CC(Oc1ccc(C#N)cc1)C(=O)N1CCCCCC1c1ccncc1. The third kappa shape index (κ3) is 4.20. The maximum Gasteiger partial charge on any atom is 0.263 e. The summed E-state index contributed by atoms with van der Waals surface area (Å²) in [5, 5.41) is 8.88. The number of likely N-dealkylation sites (tertiary alicyclic amines) is 1. The molecule has 1 saturated heterocycles. The van der Waals surface area contributed by atoms with Crippen LogP contribution in [0.3, 0.4) is 0 Å². The molecule has 0 bridgehead atoms. The van der Waals surface area contributed by atoms with Crippen LogP contribution in [0.2, 0.25) is 0 Å². The van der Waals surface area contributed by atoms with Gasteiger partial charge in [0.2, 0.25) is 0 Å². The summed E-state index contributed by atoms with van der Waals surface area (Å²) in [5.41, 5.74) is 1.70. The normalized spacial score (nSPS) is 18.5. The van der Waals surface area contributed by atoms with Crippen molar-refractivity contribution in [2.75, 3.05) is 6.54 Å². The molecule has 3 rings (SSSR count). The number of hydrogen-bond donors (Lipinski definition) is 0. The van der Waals surface area contributed by atoms with Gasteiger partial charge in [0.25, 0.3) is 5.91 Å². The van der Waals surface area contributed by atoms with Crippen molar-refractivity contribution in [1.29, 1.82) is 5.26 Å². The molecule has 2 heterocycles. The van der Waals surface area contributed by atoms with Crippen molar-refractivity contribution in [1.82, 2.24) is 9.88 Å². The predicted octanol–water partition coefficient (Wildman–Crippen LogP) is 3.86. The Bertz CT molecular complexity index is 768. The van der Waals surface area contributed by atoms with Gasteiger partial charge < -0.3 is 9.64 Å². The minimum atomic E-state index is -0.578. The molecule has 5 nitrogen and oxygen atoms in total. The van der Waals surface area contributed by atoms with Gasteiger partial charge in [-0.05, 0) is 61.7 Å². The zero-order valence-electron chi connectivity index (χ0n) is 15.0. The molecule has 1 amide bonds. The summed E-state index contributed by atoms with van der Waals surface area (Å²) in [6, 6.07) is 13.0. The average Bonchev–Trinajstić information content (AvgIpc) is 2.94. The van der Waals surface area contributed by atoms with E-state index in [2.05, 4.69) is 11.1 Å². The van der Waals surface area contributed by atoms with Crippen LogP contribution in [0, 0.1) is 11.3 Å². The monoisotopic (exact) mass is 349 g/mol. The highest BCUT2D eigenvalue weighted by Crippen LogP contribution is 2.30. The molecule has 2 atom stereocenters. The molecular formula is C21H23N3O2. The van der Waals surface area contributed by atoms with E-state index in [0.717, 1.165) is 37.8 Å². The number of aromatic nitrogens is 1. The fraction of sp³-hybridized carbons (Fsp3) is 0.381. The van der Waals surface area contributed by atoms with Crippen molar-refractivity contribution < 1.29 is 9.53 Å². The number of amides is 1. The summed E-state index contributed by atoms with van der Waals surface area (Å²) >= 11 is 0. The molecule has 1 aromatic heterocycles. The van der Waals surface area contributed by atoms with Gasteiger partial charge in [0, 0.05) is 18.9 Å². The lowest BCUT2D eigenvalue weighted by molar-refractivity contribution is -0.140. The quantitative estimate of drug-likeness (QED) is 0.840. The van der Waals surface area contributed by atoms with Crippen LogP contribution in [-0.4, -0.2) is 28.4 Å². The second kappa shape index (κ2) is 8.48. The fourth-order valence-electron chi connectivity index (χ4n) is 3.40. The number of carbonyl (C=O) groups excluding carboxylic acids is 1. The van der Waals surface area contributed by atoms with E-state index in [9.17, 15) is 4.79 Å². The van der Waals surface area contributed by atoms with E-state index >= 15 is 0 Å². The lowest BCUT2D eigenvalue weighted by Gasteiger charge is -2.32. The minimum Gasteiger partial charge on any atom is -0.481 e. The standard InChI is InChI=1S/C21H23N3O2/c1-16(26-19-8-6-17(15-22)7-9-19)21(25)24-14-4-2-3-5-20(24)18-10-12-23-13-11-18/h6-13,16,20H,2-5,14H2,1H3. The molecule has 134 valence electrons. The zero-order chi connectivity index (χ0) is 18.4. The first-order valence-corrected chi connectivity index (χ1v) is 9.06. The van der Waals surface area contributed by atoms with E-state index in [4.69, 9.17) is 10.00 Å². The van der Waals surface area contributed by atoms with Crippen molar-refractivity contribution in [3.8, 4) is 11.8 Å². The van der Waals surface area contributed by atoms with Gasteiger partial charge in [0.05, 0.1) is 17.7 Å². The highest BCUT2D eigenvalue weighted by molar-refractivity contribution is 5.81. The molecular weight excluding hydrogens is 326 g/mol. The minimum absolute atomic E-state index is 0.00179. The molecule has 2 aromatic rings. The van der Waals surface area contributed by atoms with Crippen LogP contribution >= 0.6 is 0 Å². The zero-order valence-corrected chi connectivity index (χ0v) is 15.0. The summed E-state index contributed by atoms with van der Waals surface area (Å²) in [4.78, 5) is 19.1. The van der Waals surface area contributed by atoms with E-state index in [1.54, 1.807) is 43.6 Å². The van der Waals surface area contributed by atoms with Crippen molar-refractivity contribution in [3.05, 3.63) is 59.9 Å². The molecule has 1 aromatic carbocycles. The molecule has 1 aliphatic heterocycles. The van der Waals surface area contributed by atoms with Gasteiger partial charge in [0.1, 0.15) is 5.75 Å². The third-order valence-corrected chi connectivity index (χ3v) is 4.77. The fourth-order valence-corrected chi connectivity index (χ4v) is 3.40. The number of nitrogens with zero attached hydrogens (tertiary/aromatic N) is 3. The number of rotatable bonds is 4. The Hall–Kier alpha value is -2.87. The first kappa shape index (κ1) is 17.9. The number of pyridine rings is 1. The van der Waals surface area contributed by atoms with Gasteiger partial charge in [-0.15, -0.1) is 0 Å². The summed E-state index contributed by atoms with van der Waals surface area (Å²) in [6.07, 6.45) is 7.19. The van der Waals surface area contributed by atoms with Crippen LogP contribution in [-0.2, 0) is 4.79 Å². The Morgan fingerprint density at radius 3 is 2.62 bits per heavy atom. The van der Waals surface area contributed by atoms with E-state index in [0.29, 0.717) is 11.3 Å². The van der Waals surface area contributed by atoms with Gasteiger partial charge in [0.15, 0.2) is 6.10 Å². The Kier molecular flexibility index (Phi) is 5.85. The number of nitriles is 1. The highest BCUT2D eigenvalue weighted by Gasteiger charge is 2.30. The van der Waals surface area contributed by atoms with E-state index in [-0.39, 0.29) is 11.9 Å². The summed E-state index contributed by atoms with van der Waals surface area (Å²) < 4.78 is 5.84. The second-order valence-corrected chi connectivity index (χ2v) is 6.57. The Morgan fingerprint density at radius 1 is 1.19 bits per heavy atom. The maximum atomic E-state index is 13.1. The van der Waals surface area contributed by atoms with E-state index in [1.807, 2.05) is 17.0 Å². The first-order valence-electron chi connectivity index (χ1n) is 9.06. The maximum absolute atomic E-state index is 13.1. The molecule has 0 N–H and O–H groups in total. The Balaban J connectivity index is 1.75. The largest absolute Gasteiger partial charge is 0.481 e. The Morgan fingerprint density at radius 2 is 1.92 bits per heavy atom. The number of ether oxygens (including phenoxy) is 1. The van der Waals surface area contributed by atoms with Crippen molar-refractivity contribution in [2.24, 2.45) is 0 Å². The third-order valence-electron chi connectivity index (χ3n) is 4.77. The van der Waals surface area contributed by atoms with Crippen LogP contribution in [0.25, 0.3) is 0 Å². The van der Waals surface area contributed by atoms with Gasteiger partial charge >= 0.3 is 0 Å². The number of hydrogen-bond acceptors (Lipinski definition) is 4. The summed E-state index contributed by atoms with van der Waals surface area (Å²) in [6.45, 7) is 2.53. The van der Waals surface area contributed by atoms with Crippen LogP contribution < -0.4 is 4.74 Å². The lowest BCUT2D eigenvalue weighted by atomic mass is 10.0. The highest BCUT2D eigenvalue weighted by atomic mass is 16.5. The Labute approximate surface area is 154 Å². The molecule has 0 radical (unpaired) electrons. The molecule has 2 unspecified atom stereocenters. The topological polar surface area (TPSA) is 66.2 Å². The van der Waals surface area contributed by atoms with E-state index in [1.165, 1.54) is 0 Å². The predicted molar refractivity (Wildman–Crippen MR) is 98.4 cm³/mol. The smallest absolute Gasteiger partial charge is 0.263 e. The molecule has 0 aliphatic carbocycles. The van der Waals surface area contributed by atoms with Crippen molar-refractivity contribution in [2.45, 2.75) is 44.8 Å². The average molecular weight is 349 g/mol. The van der Waals surface area contributed by atoms with Gasteiger partial charge in [-0.2, -0.15) is 5.26 Å². The first-order chi connectivity index (χ1) is 12.7. The van der Waals surface area contributed by atoms with Crippen molar-refractivity contribution >= 4 is 5.91 Å². The molecule has 1 aliphatic rings. The summed E-state index contributed by atoms with van der Waals surface area (Å²) in [5.74, 6) is 0.596. The molecule has 5 heteroatoms. The molecule has 26 heavy (non-hydrogen) atoms. The number of carbonyl (C=O) groups is 1. The van der Waals surface area contributed by atoms with E-state index < -0.39 is 6.10 Å². The molecule has 0 spiro atoms. The van der Waals surface area contributed by atoms with Gasteiger partial charge in [-0.3, -0.25) is 9.78 Å². The molecule has 0 saturated carbocycles. The van der Waals surface area contributed by atoms with Crippen LogP contribution in [0.1, 0.15) is 49.8 Å². The molecule has 1 fully saturated rings. The van der Waals surface area contributed by atoms with Crippen molar-refractivity contribution in [3.63, 3.8) is 0 Å². The van der Waals surface area contributed by atoms with Gasteiger partial charge in [-0.25, -0.2) is 0 Å². The number of benzene rings is 1. The van der Waals surface area contributed by atoms with Crippen LogP contribution in [0.15, 0.2) is 48.8 Å². The van der Waals surface area contributed by atoms with Gasteiger partial charge in [-0.1, -0.05) is 12.8 Å². The van der Waals surface area contributed by atoms with Crippen LogP contribution in [0.5, 0.6) is 5.75 Å². The lowest BCUT2D eigenvalue weighted by Crippen LogP contribution is -2.42. The van der Waals surface area contributed by atoms with Crippen LogP contribution in [0.4, 0.5) is 0 Å². The second-order valence-electron chi connectivity index (χ2n) is 6.57.